The van der Waals surface area contributed by atoms with Crippen molar-refractivity contribution in [3.8, 4) is 0 Å². The molecule has 0 saturated heterocycles. The molecule has 0 radical (unpaired) electrons. The molecule has 0 rings (SSSR count). The average Bonchev–Trinajstić information content (AvgIpc) is 0.722. The van der Waals surface area contributed by atoms with Crippen LogP contribution in [0.5, 0.6) is 0 Å². The highest BCUT2D eigenvalue weighted by molar-refractivity contribution is 7.45. The third-order valence-corrected chi connectivity index (χ3v) is 0. The van der Waals surface area contributed by atoms with E-state index in [2.05, 4.69) is 0 Å². The van der Waals surface area contributed by atoms with Gasteiger partial charge in [-0.05, 0) is 0 Å². The Labute approximate surface area is 71.5 Å². The Hall–Kier alpha value is 0.410. The van der Waals surface area contributed by atoms with Crippen LogP contribution in [-0.2, 0) is 4.57 Å². The standard InChI is InChI=1S/2ClH.4FH.H3O4P/c;;;;;;1-5(2,3)4/h6*1H;(H3,1,2,3,4). The second-order valence-electron chi connectivity index (χ2n) is 0.513. The van der Waals surface area contributed by atoms with Crippen LogP contribution in [0, 0.1) is 0 Å². The third kappa shape index (κ3) is 4380. The lowest BCUT2D eigenvalue weighted by atomic mass is 15.8. The van der Waals surface area contributed by atoms with Crippen LogP contribution in [0.15, 0.2) is 0 Å². The first-order valence-electron chi connectivity index (χ1n) is 0.783. The van der Waals surface area contributed by atoms with Crippen molar-refractivity contribution in [3.05, 3.63) is 0 Å². The normalized spacial score (nSPS) is 5.36. The van der Waals surface area contributed by atoms with Crippen molar-refractivity contribution in [1.29, 1.82) is 0 Å². The molecule has 0 aromatic heterocycles. The first-order chi connectivity index (χ1) is 2.00. The topological polar surface area (TPSA) is 77.8 Å². The highest BCUT2D eigenvalue weighted by Gasteiger charge is 2.00. The van der Waals surface area contributed by atoms with Crippen molar-refractivity contribution in [3.63, 3.8) is 0 Å². The largest absolute Gasteiger partial charge is 0.466 e. The van der Waals surface area contributed by atoms with Gasteiger partial charge in [0, 0.05) is 0 Å². The first-order valence-corrected chi connectivity index (χ1v) is 2.35. The maximum Gasteiger partial charge on any atom is 0.466 e. The van der Waals surface area contributed by atoms with Gasteiger partial charge in [-0.2, -0.15) is 0 Å². The van der Waals surface area contributed by atoms with E-state index in [0.29, 0.717) is 0 Å². The summed E-state index contributed by atoms with van der Waals surface area (Å²) >= 11 is 0. The van der Waals surface area contributed by atoms with Gasteiger partial charge < -0.3 is 14.7 Å². The monoisotopic (exact) mass is 250 g/mol. The van der Waals surface area contributed by atoms with Gasteiger partial charge >= 0.3 is 7.82 Å². The number of halogens is 6. The van der Waals surface area contributed by atoms with Gasteiger partial charge in [0.1, 0.15) is 0 Å². The lowest BCUT2D eigenvalue weighted by molar-refractivity contribution is 0.275. The Morgan fingerprint density at radius 2 is 0.727 bits per heavy atom. The Kier molecular flexibility index (Phi) is 130. The minimum Gasteiger partial charge on any atom is -0.303 e. The van der Waals surface area contributed by atoms with Crippen molar-refractivity contribution in [1.82, 2.24) is 0 Å². The van der Waals surface area contributed by atoms with E-state index >= 15 is 0 Å². The molecule has 3 N–H and O–H groups in total. The molecule has 0 aromatic rings. The Morgan fingerprint density at radius 1 is 0.727 bits per heavy atom. The molecule has 0 aromatic carbocycles. The summed E-state index contributed by atoms with van der Waals surface area (Å²) in [5.74, 6) is 0. The zero-order valence-corrected chi connectivity index (χ0v) is 7.17. The van der Waals surface area contributed by atoms with Crippen LogP contribution in [0.25, 0.3) is 0 Å². The predicted molar refractivity (Wildman–Crippen MR) is 38.8 cm³/mol. The van der Waals surface area contributed by atoms with Crippen molar-refractivity contribution in [2.45, 2.75) is 0 Å². The number of rotatable bonds is 0. The molecule has 0 spiro atoms. The SMILES string of the molecule is Cl.Cl.F.F.F.F.O=P(O)(O)O. The van der Waals surface area contributed by atoms with E-state index in [-0.39, 0.29) is 43.6 Å². The summed E-state index contributed by atoms with van der Waals surface area (Å²) in [5.41, 5.74) is 0. The van der Waals surface area contributed by atoms with Gasteiger partial charge in [0.15, 0.2) is 0 Å². The zero-order valence-electron chi connectivity index (χ0n) is 4.65. The molecule has 0 saturated carbocycles. The van der Waals surface area contributed by atoms with Crippen LogP contribution in [-0.4, -0.2) is 14.7 Å². The number of phosphoric acid groups is 1. The van der Waals surface area contributed by atoms with Gasteiger partial charge in [-0.1, -0.05) is 0 Å². The fourth-order valence-electron chi connectivity index (χ4n) is 0. The van der Waals surface area contributed by atoms with E-state index < -0.39 is 7.82 Å². The highest BCUT2D eigenvalue weighted by Crippen LogP contribution is 2.25. The molecule has 4 nitrogen and oxygen atoms in total. The van der Waals surface area contributed by atoms with Crippen molar-refractivity contribution < 1.29 is 38.1 Å². The Bertz CT molecular complexity index is 66.2. The summed E-state index contributed by atoms with van der Waals surface area (Å²) < 4.78 is 8.88. The highest BCUT2D eigenvalue weighted by atomic mass is 35.5. The second kappa shape index (κ2) is 22.4. The molecular weight excluding hydrogens is 242 g/mol. The summed E-state index contributed by atoms with van der Waals surface area (Å²) in [6, 6.07) is 0. The molecule has 11 heavy (non-hydrogen) atoms. The Balaban J connectivity index is -0.00000000533. The Morgan fingerprint density at radius 3 is 0.727 bits per heavy atom. The van der Waals surface area contributed by atoms with Crippen LogP contribution >= 0.6 is 32.6 Å². The summed E-state index contributed by atoms with van der Waals surface area (Å²) in [4.78, 5) is 21.6. The van der Waals surface area contributed by atoms with E-state index in [9.17, 15) is 0 Å². The molecule has 0 amide bonds. The van der Waals surface area contributed by atoms with Crippen LogP contribution < -0.4 is 0 Å². The van der Waals surface area contributed by atoms with Crippen LogP contribution in [0.2, 0.25) is 0 Å². The first kappa shape index (κ1) is 63.6. The van der Waals surface area contributed by atoms with Gasteiger partial charge in [-0.15, -0.1) is 24.8 Å². The van der Waals surface area contributed by atoms with Crippen molar-refractivity contribution in [2.24, 2.45) is 0 Å². The summed E-state index contributed by atoms with van der Waals surface area (Å²) in [5, 5.41) is 0. The van der Waals surface area contributed by atoms with E-state index in [1.807, 2.05) is 0 Å². The van der Waals surface area contributed by atoms with Crippen molar-refractivity contribution in [2.75, 3.05) is 0 Å². The van der Waals surface area contributed by atoms with E-state index in [1.165, 1.54) is 0 Å². The van der Waals surface area contributed by atoms with E-state index in [0.717, 1.165) is 0 Å². The average molecular weight is 251 g/mol. The molecule has 0 aliphatic carbocycles. The predicted octanol–water partition coefficient (Wildman–Crippen LogP) is 0.525. The zero-order chi connectivity index (χ0) is 4.50. The van der Waals surface area contributed by atoms with Gasteiger partial charge in [0.2, 0.25) is 0 Å². The number of hydrogen-bond acceptors (Lipinski definition) is 1. The lowest BCUT2D eigenvalue weighted by Gasteiger charge is -1.82. The maximum atomic E-state index is 8.88. The lowest BCUT2D eigenvalue weighted by Crippen LogP contribution is -1.66. The summed E-state index contributed by atoms with van der Waals surface area (Å²) in [7, 11) is -4.64. The fourth-order valence-corrected chi connectivity index (χ4v) is 0. The van der Waals surface area contributed by atoms with Gasteiger partial charge in [0.05, 0.1) is 0 Å². The van der Waals surface area contributed by atoms with Gasteiger partial charge in [0.25, 0.3) is 0 Å². The molecule has 11 heteroatoms. The fraction of sp³-hybridized carbons (Fsp3) is 0. The summed E-state index contributed by atoms with van der Waals surface area (Å²) in [6.07, 6.45) is 0. The van der Waals surface area contributed by atoms with E-state index in [4.69, 9.17) is 19.2 Å². The molecule has 0 unspecified atom stereocenters. The summed E-state index contributed by atoms with van der Waals surface area (Å²) in [6.45, 7) is 0. The molecule has 0 atom stereocenters. The molecular formula is H9Cl2F4O4P. The molecule has 0 fully saturated rings. The van der Waals surface area contributed by atoms with Crippen LogP contribution in [0.1, 0.15) is 0 Å². The smallest absolute Gasteiger partial charge is 0.303 e. The van der Waals surface area contributed by atoms with Crippen LogP contribution in [0.4, 0.5) is 18.8 Å². The van der Waals surface area contributed by atoms with Gasteiger partial charge in [-0.25, -0.2) is 4.57 Å². The maximum absolute atomic E-state index is 8.88. The minimum atomic E-state index is -4.64. The second-order valence-corrected chi connectivity index (χ2v) is 1.54. The molecule has 0 heterocycles. The minimum absolute atomic E-state index is 0. The third-order valence-electron chi connectivity index (χ3n) is 0. The molecule has 0 aliphatic heterocycles. The van der Waals surface area contributed by atoms with Crippen molar-refractivity contribution >= 4 is 32.6 Å². The van der Waals surface area contributed by atoms with Crippen LogP contribution in [0.3, 0.4) is 0 Å². The van der Waals surface area contributed by atoms with E-state index in [1.54, 1.807) is 0 Å². The molecule has 0 bridgehead atoms. The quantitative estimate of drug-likeness (QED) is 0.433. The van der Waals surface area contributed by atoms with Gasteiger partial charge in [-0.3, -0.25) is 18.8 Å². The molecule has 80 valence electrons. The number of hydrogen-bond donors (Lipinski definition) is 3. The molecule has 0 aliphatic rings.